The van der Waals surface area contributed by atoms with Crippen LogP contribution in [0.3, 0.4) is 0 Å². The van der Waals surface area contributed by atoms with Gasteiger partial charge in [-0.15, -0.1) is 0 Å². The molecular formula is C15H17BrFNO3. The molecule has 0 atom stereocenters. The van der Waals surface area contributed by atoms with Crippen LogP contribution < -0.4 is 5.32 Å². The van der Waals surface area contributed by atoms with Crippen LogP contribution in [0.2, 0.25) is 0 Å². The van der Waals surface area contributed by atoms with Crippen molar-refractivity contribution in [3.63, 3.8) is 0 Å². The molecule has 6 heteroatoms. The summed E-state index contributed by atoms with van der Waals surface area (Å²) in [4.78, 5) is 12.0. The van der Waals surface area contributed by atoms with Crippen LogP contribution in [0.15, 0.2) is 28.7 Å². The van der Waals surface area contributed by atoms with E-state index in [4.69, 9.17) is 4.74 Å². The second kappa shape index (κ2) is 7.15. The van der Waals surface area contributed by atoms with Crippen LogP contribution in [0, 0.1) is 5.82 Å². The Bertz CT molecular complexity index is 542. The summed E-state index contributed by atoms with van der Waals surface area (Å²) in [7, 11) is 0. The van der Waals surface area contributed by atoms with Crippen LogP contribution in [-0.2, 0) is 9.53 Å². The third kappa shape index (κ3) is 4.36. The molecule has 0 unspecified atom stereocenters. The van der Waals surface area contributed by atoms with E-state index in [1.54, 1.807) is 12.1 Å². The van der Waals surface area contributed by atoms with Gasteiger partial charge in [-0.05, 0) is 37.1 Å². The zero-order valence-corrected chi connectivity index (χ0v) is 13.0. The van der Waals surface area contributed by atoms with E-state index >= 15 is 0 Å². The second-order valence-electron chi connectivity index (χ2n) is 5.04. The van der Waals surface area contributed by atoms with E-state index in [2.05, 4.69) is 21.2 Å². The molecule has 0 aromatic heterocycles. The lowest BCUT2D eigenvalue weighted by Gasteiger charge is -2.35. The molecule has 2 rings (SSSR count). The Hall–Kier alpha value is -1.24. The molecule has 1 aliphatic heterocycles. The molecule has 0 radical (unpaired) electrons. The van der Waals surface area contributed by atoms with Gasteiger partial charge in [-0.25, -0.2) is 4.39 Å². The largest absolute Gasteiger partial charge is 0.394 e. The second-order valence-corrected chi connectivity index (χ2v) is 5.95. The van der Waals surface area contributed by atoms with Gasteiger partial charge in [0.25, 0.3) is 0 Å². The lowest BCUT2D eigenvalue weighted by molar-refractivity contribution is -0.120. The van der Waals surface area contributed by atoms with Crippen molar-refractivity contribution in [1.29, 1.82) is 0 Å². The Morgan fingerprint density at radius 2 is 2.19 bits per heavy atom. The third-order valence-electron chi connectivity index (χ3n) is 3.51. The zero-order valence-electron chi connectivity index (χ0n) is 11.4. The topological polar surface area (TPSA) is 58.6 Å². The average molecular weight is 358 g/mol. The van der Waals surface area contributed by atoms with Gasteiger partial charge in [-0.1, -0.05) is 15.9 Å². The predicted octanol–water partition coefficient (Wildman–Crippen LogP) is 2.26. The van der Waals surface area contributed by atoms with Crippen molar-refractivity contribution < 1.29 is 19.0 Å². The Labute approximate surface area is 131 Å². The highest BCUT2D eigenvalue weighted by Crippen LogP contribution is 2.20. The van der Waals surface area contributed by atoms with Crippen molar-refractivity contribution in [1.82, 2.24) is 5.32 Å². The average Bonchev–Trinajstić information content (AvgIpc) is 2.49. The SMILES string of the molecule is O=C(/C=C/c1cc(Br)ccc1F)NC1(CO)CCOCC1. The van der Waals surface area contributed by atoms with Gasteiger partial charge in [0.15, 0.2) is 0 Å². The first kappa shape index (κ1) is 16.1. The van der Waals surface area contributed by atoms with E-state index in [0.29, 0.717) is 31.6 Å². The lowest BCUT2D eigenvalue weighted by Crippen LogP contribution is -2.54. The summed E-state index contributed by atoms with van der Waals surface area (Å²) in [6, 6.07) is 4.51. The van der Waals surface area contributed by atoms with E-state index < -0.39 is 11.4 Å². The molecule has 2 N–H and O–H groups in total. The number of rotatable bonds is 4. The van der Waals surface area contributed by atoms with Crippen molar-refractivity contribution in [2.75, 3.05) is 19.8 Å². The fraction of sp³-hybridized carbons (Fsp3) is 0.400. The number of carbonyl (C=O) groups excluding carboxylic acids is 1. The highest BCUT2D eigenvalue weighted by molar-refractivity contribution is 9.10. The Kier molecular flexibility index (Phi) is 5.50. The van der Waals surface area contributed by atoms with Gasteiger partial charge >= 0.3 is 0 Å². The number of hydrogen-bond donors (Lipinski definition) is 2. The number of halogens is 2. The highest BCUT2D eigenvalue weighted by Gasteiger charge is 2.32. The van der Waals surface area contributed by atoms with Crippen LogP contribution >= 0.6 is 15.9 Å². The Morgan fingerprint density at radius 3 is 2.86 bits per heavy atom. The quantitative estimate of drug-likeness (QED) is 0.812. The molecule has 1 fully saturated rings. The van der Waals surface area contributed by atoms with Gasteiger partial charge < -0.3 is 15.2 Å². The van der Waals surface area contributed by atoms with Crippen LogP contribution in [0.5, 0.6) is 0 Å². The minimum atomic E-state index is -0.643. The Morgan fingerprint density at radius 1 is 1.48 bits per heavy atom. The first-order valence-corrected chi connectivity index (χ1v) is 7.48. The fourth-order valence-electron chi connectivity index (χ4n) is 2.20. The number of aliphatic hydroxyl groups is 1. The molecule has 1 aliphatic rings. The van der Waals surface area contributed by atoms with E-state index in [1.165, 1.54) is 18.2 Å². The van der Waals surface area contributed by atoms with Gasteiger partial charge in [0.1, 0.15) is 5.82 Å². The van der Waals surface area contributed by atoms with Crippen LogP contribution in [0.1, 0.15) is 18.4 Å². The number of ether oxygens (including phenoxy) is 1. The molecular weight excluding hydrogens is 341 g/mol. The van der Waals surface area contributed by atoms with Gasteiger partial charge in [-0.2, -0.15) is 0 Å². The summed E-state index contributed by atoms with van der Waals surface area (Å²) in [5, 5.41) is 12.3. The molecule has 0 bridgehead atoms. The maximum absolute atomic E-state index is 13.6. The fourth-order valence-corrected chi connectivity index (χ4v) is 2.57. The molecule has 1 aromatic carbocycles. The smallest absolute Gasteiger partial charge is 0.244 e. The number of nitrogens with one attached hydrogen (secondary N) is 1. The van der Waals surface area contributed by atoms with Crippen LogP contribution in [0.25, 0.3) is 6.08 Å². The summed E-state index contributed by atoms with van der Waals surface area (Å²) in [5.74, 6) is -0.754. The van der Waals surface area contributed by atoms with Crippen LogP contribution in [-0.4, -0.2) is 36.4 Å². The normalized spacial score (nSPS) is 17.9. The number of carbonyl (C=O) groups is 1. The summed E-state index contributed by atoms with van der Waals surface area (Å²) >= 11 is 3.25. The third-order valence-corrected chi connectivity index (χ3v) is 4.01. The molecule has 1 aromatic rings. The van der Waals surface area contributed by atoms with Crippen molar-refractivity contribution >= 4 is 27.9 Å². The first-order valence-electron chi connectivity index (χ1n) is 6.69. The predicted molar refractivity (Wildman–Crippen MR) is 81.1 cm³/mol. The molecule has 0 aliphatic carbocycles. The van der Waals surface area contributed by atoms with Crippen molar-refractivity contribution in [3.8, 4) is 0 Å². The summed E-state index contributed by atoms with van der Waals surface area (Å²) < 4.78 is 19.5. The van der Waals surface area contributed by atoms with Crippen molar-refractivity contribution in [3.05, 3.63) is 40.1 Å². The summed E-state index contributed by atoms with van der Waals surface area (Å²) in [5.41, 5.74) is -0.320. The molecule has 21 heavy (non-hydrogen) atoms. The monoisotopic (exact) mass is 357 g/mol. The maximum Gasteiger partial charge on any atom is 0.244 e. The van der Waals surface area contributed by atoms with Crippen molar-refractivity contribution in [2.45, 2.75) is 18.4 Å². The van der Waals surface area contributed by atoms with E-state index in [1.807, 2.05) is 0 Å². The van der Waals surface area contributed by atoms with Crippen molar-refractivity contribution in [2.24, 2.45) is 0 Å². The van der Waals surface area contributed by atoms with Gasteiger partial charge in [-0.3, -0.25) is 4.79 Å². The van der Waals surface area contributed by atoms with Gasteiger partial charge in [0.2, 0.25) is 5.91 Å². The zero-order chi connectivity index (χ0) is 15.3. The molecule has 1 heterocycles. The molecule has 0 spiro atoms. The minimum Gasteiger partial charge on any atom is -0.394 e. The number of hydrogen-bond acceptors (Lipinski definition) is 3. The molecule has 0 saturated carbocycles. The molecule has 114 valence electrons. The Balaban J connectivity index is 2.03. The molecule has 1 saturated heterocycles. The van der Waals surface area contributed by atoms with E-state index in [9.17, 15) is 14.3 Å². The van der Waals surface area contributed by atoms with E-state index in [0.717, 1.165) is 4.47 Å². The summed E-state index contributed by atoms with van der Waals surface area (Å²) in [6.07, 6.45) is 3.82. The highest BCUT2D eigenvalue weighted by atomic mass is 79.9. The standard InChI is InChI=1S/C15H17BrFNO3/c16-12-2-3-13(17)11(9-12)1-4-14(20)18-15(10-19)5-7-21-8-6-15/h1-4,9,19H,5-8,10H2,(H,18,20)/b4-1+. The minimum absolute atomic E-state index is 0.138. The first-order chi connectivity index (χ1) is 10.0. The maximum atomic E-state index is 13.6. The van der Waals surface area contributed by atoms with E-state index in [-0.39, 0.29) is 12.5 Å². The lowest BCUT2D eigenvalue weighted by atomic mass is 9.91. The van der Waals surface area contributed by atoms with Gasteiger partial charge in [0.05, 0.1) is 12.1 Å². The number of amides is 1. The summed E-state index contributed by atoms with van der Waals surface area (Å²) in [6.45, 7) is 0.872. The van der Waals surface area contributed by atoms with Gasteiger partial charge in [0, 0.05) is 29.3 Å². The number of aliphatic hydroxyl groups excluding tert-OH is 1. The van der Waals surface area contributed by atoms with Crippen LogP contribution in [0.4, 0.5) is 4.39 Å². The molecule has 4 nitrogen and oxygen atoms in total. The number of benzene rings is 1. The molecule has 1 amide bonds.